The number of halogens is 3. The molecule has 0 aromatic carbocycles. The summed E-state index contributed by atoms with van der Waals surface area (Å²) in [5.74, 6) is -0.197. The van der Waals surface area contributed by atoms with Crippen LogP contribution in [0.1, 0.15) is 5.56 Å². The van der Waals surface area contributed by atoms with Gasteiger partial charge < -0.3 is 10.5 Å². The van der Waals surface area contributed by atoms with E-state index in [2.05, 4.69) is 4.98 Å². The Balaban J connectivity index is 0.00000169. The van der Waals surface area contributed by atoms with E-state index in [1.54, 1.807) is 6.07 Å². The molecule has 0 atom stereocenters. The van der Waals surface area contributed by atoms with Gasteiger partial charge >= 0.3 is 0 Å². The average Bonchev–Trinajstić information content (AvgIpc) is 2.11. The molecule has 2 N–H and O–H groups in total. The first kappa shape index (κ1) is 13.9. The number of pyridine rings is 1. The van der Waals surface area contributed by atoms with Crippen molar-refractivity contribution in [2.24, 2.45) is 5.73 Å². The van der Waals surface area contributed by atoms with E-state index in [0.717, 1.165) is 3.57 Å². The monoisotopic (exact) mass is 332 g/mol. The summed E-state index contributed by atoms with van der Waals surface area (Å²) < 4.78 is 18.9. The molecule has 0 fully saturated rings. The fraction of sp³-hybridized carbons (Fsp3) is 0.375. The van der Waals surface area contributed by atoms with Crippen molar-refractivity contribution in [2.75, 3.05) is 13.7 Å². The van der Waals surface area contributed by atoms with Gasteiger partial charge in [0.1, 0.15) is 0 Å². The van der Waals surface area contributed by atoms with Gasteiger partial charge in [-0.05, 0) is 35.6 Å². The molecule has 0 bridgehead atoms. The minimum Gasteiger partial charge on any atom is -0.481 e. The lowest BCUT2D eigenvalue weighted by Crippen LogP contribution is -2.08. The highest BCUT2D eigenvalue weighted by Gasteiger charge is 2.09. The lowest BCUT2D eigenvalue weighted by Gasteiger charge is -2.05. The number of hydrogen-bond acceptors (Lipinski definition) is 3. The van der Waals surface area contributed by atoms with Gasteiger partial charge in [-0.2, -0.15) is 9.37 Å². The molecular formula is C8H11ClFIN2O. The zero-order valence-corrected chi connectivity index (χ0v) is 10.6. The standard InChI is InChI=1S/C8H10FIN2O.ClH/c1-13-7-4-6(10)5(2-3-11)8(9)12-7;/h4H,2-3,11H2,1H3;1H. The minimum absolute atomic E-state index is 0. The van der Waals surface area contributed by atoms with Crippen LogP contribution >= 0.6 is 35.0 Å². The van der Waals surface area contributed by atoms with Gasteiger partial charge in [0, 0.05) is 15.2 Å². The zero-order chi connectivity index (χ0) is 9.84. The van der Waals surface area contributed by atoms with Gasteiger partial charge in [0.15, 0.2) is 0 Å². The molecule has 0 saturated carbocycles. The molecule has 0 unspecified atom stereocenters. The van der Waals surface area contributed by atoms with E-state index in [9.17, 15) is 4.39 Å². The second kappa shape index (κ2) is 6.36. The van der Waals surface area contributed by atoms with Crippen LogP contribution in [0.4, 0.5) is 4.39 Å². The summed E-state index contributed by atoms with van der Waals surface area (Å²) in [6.07, 6.45) is 0.501. The average molecular weight is 333 g/mol. The molecule has 14 heavy (non-hydrogen) atoms. The number of nitrogens with two attached hydrogens (primary N) is 1. The number of aromatic nitrogens is 1. The fourth-order valence-corrected chi connectivity index (χ4v) is 1.72. The minimum atomic E-state index is -0.491. The molecule has 0 aliphatic rings. The number of nitrogens with zero attached hydrogens (tertiary/aromatic N) is 1. The van der Waals surface area contributed by atoms with Crippen LogP contribution in [-0.2, 0) is 6.42 Å². The van der Waals surface area contributed by atoms with E-state index in [0.29, 0.717) is 24.4 Å². The van der Waals surface area contributed by atoms with Gasteiger partial charge in [-0.3, -0.25) is 0 Å². The van der Waals surface area contributed by atoms with E-state index in [4.69, 9.17) is 10.5 Å². The van der Waals surface area contributed by atoms with Gasteiger partial charge in [-0.1, -0.05) is 0 Å². The highest BCUT2D eigenvalue weighted by molar-refractivity contribution is 14.1. The quantitative estimate of drug-likeness (QED) is 0.678. The first-order chi connectivity index (χ1) is 6.19. The molecule has 80 valence electrons. The Bertz CT molecular complexity index is 288. The van der Waals surface area contributed by atoms with Gasteiger partial charge in [-0.25, -0.2) is 0 Å². The summed E-state index contributed by atoms with van der Waals surface area (Å²) >= 11 is 2.04. The number of ether oxygens (including phenoxy) is 1. The largest absolute Gasteiger partial charge is 0.481 e. The van der Waals surface area contributed by atoms with E-state index >= 15 is 0 Å². The molecular weight excluding hydrogens is 321 g/mol. The Morgan fingerprint density at radius 1 is 1.64 bits per heavy atom. The van der Waals surface area contributed by atoms with Crippen LogP contribution in [0, 0.1) is 9.52 Å². The van der Waals surface area contributed by atoms with Crippen LogP contribution in [0.15, 0.2) is 6.07 Å². The first-order valence-corrected chi connectivity index (χ1v) is 4.86. The van der Waals surface area contributed by atoms with Gasteiger partial charge in [0.25, 0.3) is 0 Å². The van der Waals surface area contributed by atoms with Crippen LogP contribution in [0.2, 0.25) is 0 Å². The third kappa shape index (κ3) is 3.21. The van der Waals surface area contributed by atoms with Crippen molar-refractivity contribution in [3.63, 3.8) is 0 Å². The Morgan fingerprint density at radius 2 is 2.29 bits per heavy atom. The highest BCUT2D eigenvalue weighted by Crippen LogP contribution is 2.19. The van der Waals surface area contributed by atoms with Crippen molar-refractivity contribution < 1.29 is 9.13 Å². The summed E-state index contributed by atoms with van der Waals surface area (Å²) in [5.41, 5.74) is 5.90. The summed E-state index contributed by atoms with van der Waals surface area (Å²) in [7, 11) is 1.46. The van der Waals surface area contributed by atoms with Gasteiger partial charge in [-0.15, -0.1) is 12.4 Å². The van der Waals surface area contributed by atoms with E-state index in [1.165, 1.54) is 7.11 Å². The molecule has 1 rings (SSSR count). The molecule has 1 heterocycles. The van der Waals surface area contributed by atoms with Crippen molar-refractivity contribution in [1.29, 1.82) is 0 Å². The van der Waals surface area contributed by atoms with Gasteiger partial charge in [0.05, 0.1) is 7.11 Å². The highest BCUT2D eigenvalue weighted by atomic mass is 127. The van der Waals surface area contributed by atoms with Crippen molar-refractivity contribution in [2.45, 2.75) is 6.42 Å². The normalized spacial score (nSPS) is 9.43. The van der Waals surface area contributed by atoms with Crippen LogP contribution in [-0.4, -0.2) is 18.6 Å². The van der Waals surface area contributed by atoms with Crippen LogP contribution in [0.25, 0.3) is 0 Å². The SMILES string of the molecule is COc1cc(I)c(CCN)c(F)n1.Cl. The fourth-order valence-electron chi connectivity index (χ4n) is 0.962. The molecule has 0 spiro atoms. The maximum Gasteiger partial charge on any atom is 0.220 e. The molecule has 1 aromatic heterocycles. The summed E-state index contributed by atoms with van der Waals surface area (Å²) in [6, 6.07) is 1.69. The van der Waals surface area contributed by atoms with E-state index in [1.807, 2.05) is 22.6 Å². The maximum atomic E-state index is 13.2. The summed E-state index contributed by atoms with van der Waals surface area (Å²) in [6.45, 7) is 0.418. The van der Waals surface area contributed by atoms with E-state index < -0.39 is 5.95 Å². The third-order valence-electron chi connectivity index (χ3n) is 1.60. The van der Waals surface area contributed by atoms with Crippen molar-refractivity contribution >= 4 is 35.0 Å². The second-order valence-electron chi connectivity index (χ2n) is 2.45. The molecule has 0 saturated heterocycles. The first-order valence-electron chi connectivity index (χ1n) is 3.78. The number of methoxy groups -OCH3 is 1. The molecule has 0 aliphatic carbocycles. The third-order valence-corrected chi connectivity index (χ3v) is 2.56. The molecule has 3 nitrogen and oxygen atoms in total. The number of rotatable bonds is 3. The second-order valence-corrected chi connectivity index (χ2v) is 3.62. The Hall–Kier alpha value is -0.140. The maximum absolute atomic E-state index is 13.2. The lowest BCUT2D eigenvalue weighted by atomic mass is 10.2. The van der Waals surface area contributed by atoms with Crippen LogP contribution < -0.4 is 10.5 Å². The summed E-state index contributed by atoms with van der Waals surface area (Å²) in [5, 5.41) is 0. The molecule has 0 amide bonds. The topological polar surface area (TPSA) is 48.1 Å². The molecule has 6 heteroatoms. The summed E-state index contributed by atoms with van der Waals surface area (Å²) in [4.78, 5) is 3.62. The smallest absolute Gasteiger partial charge is 0.220 e. The molecule has 1 aromatic rings. The van der Waals surface area contributed by atoms with Gasteiger partial charge in [0.2, 0.25) is 11.8 Å². The van der Waals surface area contributed by atoms with Crippen molar-refractivity contribution in [3.05, 3.63) is 21.1 Å². The Morgan fingerprint density at radius 3 is 2.71 bits per heavy atom. The molecule has 0 radical (unpaired) electrons. The van der Waals surface area contributed by atoms with Crippen molar-refractivity contribution in [3.8, 4) is 5.88 Å². The van der Waals surface area contributed by atoms with Crippen LogP contribution in [0.5, 0.6) is 5.88 Å². The van der Waals surface area contributed by atoms with Crippen LogP contribution in [0.3, 0.4) is 0 Å². The zero-order valence-electron chi connectivity index (χ0n) is 7.59. The Kier molecular flexibility index (Phi) is 6.30. The van der Waals surface area contributed by atoms with Crippen molar-refractivity contribution in [1.82, 2.24) is 4.98 Å². The number of hydrogen-bond donors (Lipinski definition) is 1. The molecule has 0 aliphatic heterocycles. The van der Waals surface area contributed by atoms with E-state index in [-0.39, 0.29) is 12.4 Å². The predicted molar refractivity (Wildman–Crippen MR) is 63.5 cm³/mol. The predicted octanol–water partition coefficient (Wildman–Crippen LogP) is 1.76. The lowest BCUT2D eigenvalue weighted by molar-refractivity contribution is 0.385. The Labute approximate surface area is 102 Å².